The van der Waals surface area contributed by atoms with Crippen molar-refractivity contribution in [3.8, 4) is 51.4 Å². The van der Waals surface area contributed by atoms with Crippen molar-refractivity contribution in [2.24, 2.45) is 17.8 Å². The molecule has 2 fully saturated rings. The van der Waals surface area contributed by atoms with Crippen LogP contribution in [0.1, 0.15) is 57.1 Å². The van der Waals surface area contributed by atoms with Crippen molar-refractivity contribution in [3.63, 3.8) is 0 Å². The summed E-state index contributed by atoms with van der Waals surface area (Å²) in [6.45, 7) is 4.89. The second-order valence-electron chi connectivity index (χ2n) is 14.1. The van der Waals surface area contributed by atoms with Gasteiger partial charge in [0.1, 0.15) is 0 Å². The van der Waals surface area contributed by atoms with Gasteiger partial charge in [-0.3, -0.25) is 0 Å². The summed E-state index contributed by atoms with van der Waals surface area (Å²) in [5.41, 5.74) is 7.29. The normalized spacial score (nSPS) is 22.1. The number of nitrogens with zero attached hydrogens (tertiary/aromatic N) is 4. The van der Waals surface area contributed by atoms with Crippen LogP contribution in [-0.2, 0) is 5.41 Å². The summed E-state index contributed by atoms with van der Waals surface area (Å²) in [7, 11) is 0. The molecule has 8 rings (SSSR count). The zero-order chi connectivity index (χ0) is 32.0. The van der Waals surface area contributed by atoms with E-state index in [4.69, 9.17) is 15.0 Å². The molecule has 0 radical (unpaired) electrons. The van der Waals surface area contributed by atoms with Crippen molar-refractivity contribution in [3.05, 3.63) is 126 Å². The van der Waals surface area contributed by atoms with Crippen LogP contribution in [-0.4, -0.2) is 15.0 Å². The third-order valence-corrected chi connectivity index (χ3v) is 10.5. The first-order valence-corrected chi connectivity index (χ1v) is 16.9. The lowest BCUT2D eigenvalue weighted by Crippen LogP contribution is -2.42. The van der Waals surface area contributed by atoms with Gasteiger partial charge in [-0.1, -0.05) is 111 Å². The number of hydrogen-bond donors (Lipinski definition) is 0. The maximum atomic E-state index is 9.36. The number of aromatic nitrogens is 3. The molecule has 4 heteroatoms. The van der Waals surface area contributed by atoms with Gasteiger partial charge in [0.25, 0.3) is 0 Å². The number of hydrogen-bond acceptors (Lipinski definition) is 4. The Labute approximate surface area is 277 Å². The molecule has 0 amide bonds. The molecule has 0 aliphatic heterocycles. The highest BCUT2D eigenvalue weighted by Crippen LogP contribution is 2.54. The highest BCUT2D eigenvalue weighted by Gasteiger charge is 2.45. The summed E-state index contributed by atoms with van der Waals surface area (Å²) < 4.78 is 0. The molecule has 2 saturated carbocycles. The van der Waals surface area contributed by atoms with Crippen molar-refractivity contribution >= 4 is 10.8 Å². The molecule has 2 aliphatic carbocycles. The van der Waals surface area contributed by atoms with E-state index >= 15 is 0 Å². The van der Waals surface area contributed by atoms with E-state index in [1.807, 2.05) is 36.4 Å². The van der Waals surface area contributed by atoms with Gasteiger partial charge in [0.15, 0.2) is 17.5 Å². The topological polar surface area (TPSA) is 62.5 Å². The summed E-state index contributed by atoms with van der Waals surface area (Å²) in [5, 5.41) is 11.7. The molecule has 5 aromatic carbocycles. The minimum absolute atomic E-state index is 0.277. The predicted octanol–water partition coefficient (Wildman–Crippen LogP) is 10.7. The van der Waals surface area contributed by atoms with E-state index in [9.17, 15) is 5.26 Å². The smallest absolute Gasteiger partial charge is 0.164 e. The second-order valence-corrected chi connectivity index (χ2v) is 14.1. The molecular formula is C43H38N4. The molecule has 0 N–H and O–H groups in total. The van der Waals surface area contributed by atoms with Gasteiger partial charge in [-0.2, -0.15) is 5.26 Å². The van der Waals surface area contributed by atoms with Gasteiger partial charge in [-0.15, -0.1) is 0 Å². The van der Waals surface area contributed by atoms with Crippen LogP contribution in [0.25, 0.3) is 56.1 Å². The molecule has 1 unspecified atom stereocenters. The molecule has 4 nitrogen and oxygen atoms in total. The van der Waals surface area contributed by atoms with Crippen molar-refractivity contribution in [2.45, 2.75) is 51.4 Å². The molecular weight excluding hydrogens is 573 g/mol. The van der Waals surface area contributed by atoms with Crippen LogP contribution >= 0.6 is 0 Å². The Kier molecular flexibility index (Phi) is 7.41. The zero-order valence-electron chi connectivity index (χ0n) is 27.0. The highest BCUT2D eigenvalue weighted by atomic mass is 15.0. The lowest BCUT2D eigenvalue weighted by Gasteiger charge is -2.50. The van der Waals surface area contributed by atoms with E-state index in [1.54, 1.807) is 0 Å². The lowest BCUT2D eigenvalue weighted by atomic mass is 9.54. The number of rotatable bonds is 5. The first-order chi connectivity index (χ1) is 23.0. The van der Waals surface area contributed by atoms with E-state index in [-0.39, 0.29) is 5.41 Å². The third kappa shape index (κ3) is 5.61. The van der Waals surface area contributed by atoms with Gasteiger partial charge in [0.05, 0.1) is 11.6 Å². The average Bonchev–Trinajstić information content (AvgIpc) is 3.10. The molecule has 4 atom stereocenters. The fourth-order valence-electron chi connectivity index (χ4n) is 8.77. The molecule has 230 valence electrons. The number of benzene rings is 5. The van der Waals surface area contributed by atoms with Crippen molar-refractivity contribution in [1.29, 1.82) is 5.26 Å². The zero-order valence-corrected chi connectivity index (χ0v) is 27.0. The molecule has 6 aromatic rings. The Morgan fingerprint density at radius 3 is 1.85 bits per heavy atom. The first kappa shape index (κ1) is 29.3. The van der Waals surface area contributed by atoms with E-state index < -0.39 is 0 Å². The Hall–Kier alpha value is -5.14. The third-order valence-electron chi connectivity index (χ3n) is 10.5. The summed E-state index contributed by atoms with van der Waals surface area (Å²) in [5.74, 6) is 4.34. The van der Waals surface area contributed by atoms with Gasteiger partial charge in [-0.05, 0) is 101 Å². The van der Waals surface area contributed by atoms with Crippen molar-refractivity contribution < 1.29 is 0 Å². The van der Waals surface area contributed by atoms with Crippen LogP contribution < -0.4 is 0 Å². The first-order valence-electron chi connectivity index (χ1n) is 16.9. The van der Waals surface area contributed by atoms with Gasteiger partial charge in [-0.25, -0.2) is 15.0 Å². The van der Waals surface area contributed by atoms with E-state index in [0.717, 1.165) is 51.0 Å². The van der Waals surface area contributed by atoms with Gasteiger partial charge < -0.3 is 0 Å². The molecule has 1 aromatic heterocycles. The number of fused-ring (bicyclic) bond motifs is 3. The average molecular weight is 611 g/mol. The predicted molar refractivity (Wildman–Crippen MR) is 190 cm³/mol. The summed E-state index contributed by atoms with van der Waals surface area (Å²) in [4.78, 5) is 15.3. The fourth-order valence-corrected chi connectivity index (χ4v) is 8.77. The van der Waals surface area contributed by atoms with Crippen LogP contribution in [0.2, 0.25) is 0 Å². The van der Waals surface area contributed by atoms with Gasteiger partial charge in [0, 0.05) is 16.7 Å². The summed E-state index contributed by atoms with van der Waals surface area (Å²) in [6.07, 6.45) is 6.62. The maximum absolute atomic E-state index is 9.36. The standard InChI is InChI=1S/C43H38N4/c1-28-21-31-22-29(2)25-43(24-28,26-31)37-19-17-34(18-20-37)40-45-41(36-16-15-32-7-3-4-8-35(32)23-36)47-42(46-40)39-10-6-5-9-38(39)33-13-11-30(27-44)12-14-33/h3-20,23,28-29,31H,21-22,24-26H2,1-2H3/t28-,29+,31-,43?. The van der Waals surface area contributed by atoms with Crippen molar-refractivity contribution in [2.75, 3.05) is 0 Å². The second kappa shape index (κ2) is 11.9. The fraction of sp³-hybridized carbons (Fsp3) is 0.256. The van der Waals surface area contributed by atoms with Crippen LogP contribution in [0.5, 0.6) is 0 Å². The Morgan fingerprint density at radius 1 is 0.574 bits per heavy atom. The largest absolute Gasteiger partial charge is 0.208 e. The van der Waals surface area contributed by atoms with E-state index in [2.05, 4.69) is 98.8 Å². The van der Waals surface area contributed by atoms with Crippen LogP contribution in [0.4, 0.5) is 0 Å². The van der Waals surface area contributed by atoms with E-state index in [0.29, 0.717) is 23.0 Å². The Balaban J connectivity index is 1.25. The molecule has 0 saturated heterocycles. The minimum Gasteiger partial charge on any atom is -0.208 e. The van der Waals surface area contributed by atoms with Crippen LogP contribution in [0, 0.1) is 29.1 Å². The minimum atomic E-state index is 0.277. The SMILES string of the molecule is C[C@@H]1C[C@@H]2C[C@H](C)CC(c3ccc(-c4nc(-c5ccc6ccccc6c5)nc(-c5ccccc5-c5ccc(C#N)cc5)n4)cc3)(C1)C2. The molecule has 2 bridgehead atoms. The summed E-state index contributed by atoms with van der Waals surface area (Å²) in [6, 6.07) is 42.1. The molecule has 0 spiro atoms. The lowest BCUT2D eigenvalue weighted by molar-refractivity contribution is 0.0780. The molecule has 47 heavy (non-hydrogen) atoms. The van der Waals surface area contributed by atoms with Gasteiger partial charge >= 0.3 is 0 Å². The quantitative estimate of drug-likeness (QED) is 0.195. The number of nitriles is 1. The van der Waals surface area contributed by atoms with Gasteiger partial charge in [0.2, 0.25) is 0 Å². The maximum Gasteiger partial charge on any atom is 0.164 e. The summed E-state index contributed by atoms with van der Waals surface area (Å²) >= 11 is 0. The Morgan fingerprint density at radius 2 is 1.15 bits per heavy atom. The van der Waals surface area contributed by atoms with Crippen molar-refractivity contribution in [1.82, 2.24) is 15.0 Å². The highest BCUT2D eigenvalue weighted by molar-refractivity contribution is 5.87. The van der Waals surface area contributed by atoms with E-state index in [1.165, 1.54) is 43.1 Å². The monoisotopic (exact) mass is 610 g/mol. The molecule has 2 aliphatic rings. The Bertz CT molecular complexity index is 2100. The van der Waals surface area contributed by atoms with Crippen LogP contribution in [0.15, 0.2) is 115 Å². The van der Waals surface area contributed by atoms with Crippen LogP contribution in [0.3, 0.4) is 0 Å². The molecule has 1 heterocycles.